The van der Waals surface area contributed by atoms with Crippen LogP contribution in [-0.2, 0) is 9.59 Å². The monoisotopic (exact) mass is 248 g/mol. The maximum Gasteiger partial charge on any atom is 0.247 e. The van der Waals surface area contributed by atoms with Gasteiger partial charge in [0.25, 0.3) is 0 Å². The Bertz CT molecular complexity index is 481. The Labute approximate surface area is 105 Å². The van der Waals surface area contributed by atoms with Crippen LogP contribution in [0.1, 0.15) is 18.9 Å². The van der Waals surface area contributed by atoms with Crippen LogP contribution in [0.25, 0.3) is 6.08 Å². The summed E-state index contributed by atoms with van der Waals surface area (Å²) in [4.78, 5) is 22.3. The van der Waals surface area contributed by atoms with Crippen LogP contribution in [0.2, 0.25) is 0 Å². The molecular weight excluding hydrogens is 232 g/mol. The number of primary amides is 1. The van der Waals surface area contributed by atoms with Crippen molar-refractivity contribution in [3.05, 3.63) is 35.4 Å². The molecule has 96 valence electrons. The molecule has 0 bridgehead atoms. The molecule has 0 spiro atoms. The van der Waals surface area contributed by atoms with Crippen molar-refractivity contribution in [2.45, 2.75) is 13.3 Å². The number of nitrogens with one attached hydrogen (secondary N) is 1. The molecule has 0 aliphatic heterocycles. The van der Waals surface area contributed by atoms with Crippen molar-refractivity contribution in [3.63, 3.8) is 0 Å². The van der Waals surface area contributed by atoms with Gasteiger partial charge in [-0.05, 0) is 30.2 Å². The van der Waals surface area contributed by atoms with E-state index in [-0.39, 0.29) is 18.2 Å². The van der Waals surface area contributed by atoms with Crippen LogP contribution in [0, 0.1) is 0 Å². The van der Waals surface area contributed by atoms with E-state index in [9.17, 15) is 14.7 Å². The zero-order valence-electron chi connectivity index (χ0n) is 10.1. The largest absolute Gasteiger partial charge is 0.508 e. The minimum Gasteiger partial charge on any atom is -0.508 e. The second kappa shape index (κ2) is 6.44. The molecule has 0 aliphatic rings. The Kier molecular flexibility index (Phi) is 4.92. The molecule has 0 aliphatic carbocycles. The molecule has 4 N–H and O–H groups in total. The van der Waals surface area contributed by atoms with Crippen molar-refractivity contribution >= 4 is 17.9 Å². The van der Waals surface area contributed by atoms with Gasteiger partial charge in [0, 0.05) is 5.57 Å². The molecular formula is C13H16N2O3. The summed E-state index contributed by atoms with van der Waals surface area (Å²) in [5.41, 5.74) is 6.19. The predicted molar refractivity (Wildman–Crippen MR) is 68.6 cm³/mol. The summed E-state index contributed by atoms with van der Waals surface area (Å²) in [6.45, 7) is 1.65. The summed E-state index contributed by atoms with van der Waals surface area (Å²) in [5.74, 6) is -0.785. The van der Waals surface area contributed by atoms with E-state index < -0.39 is 5.91 Å². The molecule has 1 aromatic rings. The number of hydrogen-bond acceptors (Lipinski definition) is 3. The van der Waals surface area contributed by atoms with E-state index in [0.717, 1.165) is 5.56 Å². The number of carbonyl (C=O) groups is 2. The van der Waals surface area contributed by atoms with Gasteiger partial charge >= 0.3 is 0 Å². The number of phenolic OH excluding ortho intramolecular Hbond substituents is 1. The van der Waals surface area contributed by atoms with Crippen LogP contribution in [0.3, 0.4) is 0 Å². The Balaban J connectivity index is 2.82. The van der Waals surface area contributed by atoms with E-state index in [1.165, 1.54) is 0 Å². The van der Waals surface area contributed by atoms with E-state index in [4.69, 9.17) is 5.73 Å². The van der Waals surface area contributed by atoms with Crippen molar-refractivity contribution in [3.8, 4) is 5.75 Å². The van der Waals surface area contributed by atoms with Crippen molar-refractivity contribution < 1.29 is 14.7 Å². The van der Waals surface area contributed by atoms with Gasteiger partial charge in [0.15, 0.2) is 0 Å². The lowest BCUT2D eigenvalue weighted by atomic mass is 10.1. The first-order valence-corrected chi connectivity index (χ1v) is 5.59. The highest BCUT2D eigenvalue weighted by Crippen LogP contribution is 2.15. The van der Waals surface area contributed by atoms with Crippen molar-refractivity contribution in [2.75, 3.05) is 6.54 Å². The third-order valence-electron chi connectivity index (χ3n) is 2.31. The number of nitrogens with two attached hydrogens (primary N) is 1. The van der Waals surface area contributed by atoms with Crippen LogP contribution >= 0.6 is 0 Å². The van der Waals surface area contributed by atoms with Gasteiger partial charge < -0.3 is 16.2 Å². The number of phenols is 1. The van der Waals surface area contributed by atoms with E-state index in [1.54, 1.807) is 30.3 Å². The van der Waals surface area contributed by atoms with Crippen molar-refractivity contribution in [1.82, 2.24) is 5.32 Å². The number of benzene rings is 1. The van der Waals surface area contributed by atoms with Gasteiger partial charge in [-0.1, -0.05) is 19.1 Å². The van der Waals surface area contributed by atoms with Gasteiger partial charge in [-0.2, -0.15) is 0 Å². The molecule has 0 atom stereocenters. The fraction of sp³-hybridized carbons (Fsp3) is 0.231. The van der Waals surface area contributed by atoms with Gasteiger partial charge in [0.1, 0.15) is 5.75 Å². The Hall–Kier alpha value is -2.30. The minimum atomic E-state index is -0.587. The summed E-state index contributed by atoms with van der Waals surface area (Å²) in [7, 11) is 0. The lowest BCUT2D eigenvalue weighted by Gasteiger charge is -2.05. The molecule has 0 radical (unpaired) electrons. The zero-order valence-corrected chi connectivity index (χ0v) is 10.1. The highest BCUT2D eigenvalue weighted by molar-refractivity contribution is 5.99. The lowest BCUT2D eigenvalue weighted by molar-refractivity contribution is -0.122. The fourth-order valence-corrected chi connectivity index (χ4v) is 1.42. The highest BCUT2D eigenvalue weighted by Gasteiger charge is 2.08. The molecule has 0 unspecified atom stereocenters. The first-order valence-electron chi connectivity index (χ1n) is 5.59. The van der Waals surface area contributed by atoms with Gasteiger partial charge in [0.2, 0.25) is 11.8 Å². The van der Waals surface area contributed by atoms with Gasteiger partial charge in [-0.25, -0.2) is 0 Å². The first kappa shape index (κ1) is 13.8. The quantitative estimate of drug-likeness (QED) is 0.672. The second-order valence-electron chi connectivity index (χ2n) is 3.77. The maximum atomic E-state index is 11.7. The molecule has 0 heterocycles. The molecule has 1 rings (SSSR count). The summed E-state index contributed by atoms with van der Waals surface area (Å²) in [6, 6.07) is 6.57. The summed E-state index contributed by atoms with van der Waals surface area (Å²) in [5, 5.41) is 11.7. The number of carbonyl (C=O) groups excluding carboxylic acids is 2. The molecule has 1 aromatic carbocycles. The molecule has 0 fully saturated rings. The first-order chi connectivity index (χ1) is 8.52. The SMILES string of the molecule is CCC(=Cc1cccc(O)c1)C(=O)NCC(N)=O. The number of rotatable bonds is 5. The minimum absolute atomic E-state index is 0.136. The molecule has 5 heteroatoms. The van der Waals surface area contributed by atoms with E-state index in [1.807, 2.05) is 6.92 Å². The lowest BCUT2D eigenvalue weighted by Crippen LogP contribution is -2.34. The molecule has 0 saturated heterocycles. The van der Waals surface area contributed by atoms with Gasteiger partial charge in [-0.15, -0.1) is 0 Å². The number of amides is 2. The third kappa shape index (κ3) is 4.29. The molecule has 18 heavy (non-hydrogen) atoms. The van der Waals surface area contributed by atoms with Gasteiger partial charge in [0.05, 0.1) is 6.54 Å². The molecule has 0 saturated carbocycles. The summed E-state index contributed by atoms with van der Waals surface area (Å²) in [6.07, 6.45) is 2.18. The molecule has 5 nitrogen and oxygen atoms in total. The van der Waals surface area contributed by atoms with Crippen LogP contribution in [-0.4, -0.2) is 23.5 Å². The highest BCUT2D eigenvalue weighted by atomic mass is 16.3. The molecule has 0 aromatic heterocycles. The van der Waals surface area contributed by atoms with E-state index in [2.05, 4.69) is 5.32 Å². The standard InChI is InChI=1S/C13H16N2O3/c1-2-10(13(18)15-8-12(14)17)6-9-4-3-5-11(16)7-9/h3-7,16H,2,8H2,1H3,(H2,14,17)(H,15,18). The van der Waals surface area contributed by atoms with Crippen molar-refractivity contribution in [2.24, 2.45) is 5.73 Å². The topological polar surface area (TPSA) is 92.4 Å². The van der Waals surface area contributed by atoms with Crippen molar-refractivity contribution in [1.29, 1.82) is 0 Å². The Morgan fingerprint density at radius 3 is 2.72 bits per heavy atom. The summed E-state index contributed by atoms with van der Waals surface area (Å²) >= 11 is 0. The second-order valence-corrected chi connectivity index (χ2v) is 3.77. The average molecular weight is 248 g/mol. The molecule has 2 amide bonds. The van der Waals surface area contributed by atoms with E-state index in [0.29, 0.717) is 12.0 Å². The fourth-order valence-electron chi connectivity index (χ4n) is 1.42. The smallest absolute Gasteiger partial charge is 0.247 e. The van der Waals surface area contributed by atoms with Crippen LogP contribution in [0.4, 0.5) is 0 Å². The average Bonchev–Trinajstić information content (AvgIpc) is 2.33. The Morgan fingerprint density at radius 2 is 2.17 bits per heavy atom. The predicted octanol–water partition coefficient (Wildman–Crippen LogP) is 0.787. The normalized spacial score (nSPS) is 11.1. The Morgan fingerprint density at radius 1 is 1.44 bits per heavy atom. The third-order valence-corrected chi connectivity index (χ3v) is 2.31. The van der Waals surface area contributed by atoms with Gasteiger partial charge in [-0.3, -0.25) is 9.59 Å². The summed E-state index contributed by atoms with van der Waals surface area (Å²) < 4.78 is 0. The number of aromatic hydroxyl groups is 1. The maximum absolute atomic E-state index is 11.7. The van der Waals surface area contributed by atoms with E-state index >= 15 is 0 Å². The van der Waals surface area contributed by atoms with Crippen LogP contribution < -0.4 is 11.1 Å². The zero-order chi connectivity index (χ0) is 13.5. The van der Waals surface area contributed by atoms with Crippen LogP contribution in [0.5, 0.6) is 5.75 Å². The van der Waals surface area contributed by atoms with Crippen LogP contribution in [0.15, 0.2) is 29.8 Å². The number of hydrogen-bond donors (Lipinski definition) is 3.